The van der Waals surface area contributed by atoms with Crippen LogP contribution < -0.4 is 4.74 Å². The zero-order chi connectivity index (χ0) is 16.6. The molecule has 0 saturated carbocycles. The van der Waals surface area contributed by atoms with Gasteiger partial charge in [-0.3, -0.25) is 4.79 Å². The number of nitrogens with one attached hydrogen (secondary N) is 1. The van der Waals surface area contributed by atoms with Crippen LogP contribution in [0.5, 0.6) is 5.75 Å². The highest BCUT2D eigenvalue weighted by Crippen LogP contribution is 2.35. The smallest absolute Gasteiger partial charge is 0.352 e. The Balaban J connectivity index is 1.90. The highest BCUT2D eigenvalue weighted by molar-refractivity contribution is 6.03. The molecule has 0 aliphatic heterocycles. The molecule has 0 radical (unpaired) electrons. The second-order valence-corrected chi connectivity index (χ2v) is 5.81. The van der Waals surface area contributed by atoms with Gasteiger partial charge < -0.3 is 14.8 Å². The average molecular weight is 313 g/mol. The predicted molar refractivity (Wildman–Crippen MR) is 85.5 cm³/mol. The topological polar surface area (TPSA) is 79.4 Å². The second kappa shape index (κ2) is 5.91. The van der Waals surface area contributed by atoms with Crippen LogP contribution in [0, 0.1) is 6.92 Å². The van der Waals surface area contributed by atoms with E-state index in [0.29, 0.717) is 30.6 Å². The highest BCUT2D eigenvalue weighted by Gasteiger charge is 2.31. The number of ketones is 1. The van der Waals surface area contributed by atoms with Gasteiger partial charge in [-0.05, 0) is 49.4 Å². The van der Waals surface area contributed by atoms with Crippen molar-refractivity contribution in [1.82, 2.24) is 4.98 Å². The summed E-state index contributed by atoms with van der Waals surface area (Å²) in [7, 11) is 0. The fourth-order valence-corrected chi connectivity index (χ4v) is 3.29. The molecule has 0 unspecified atom stereocenters. The van der Waals surface area contributed by atoms with E-state index in [9.17, 15) is 14.7 Å². The molecule has 0 amide bonds. The average Bonchev–Trinajstić information content (AvgIpc) is 2.86. The number of Topliss-reactive ketones (excluding diaryl/α,β-unsaturated/α-hetero) is 1. The maximum absolute atomic E-state index is 12.5. The largest absolute Gasteiger partial charge is 0.494 e. The van der Waals surface area contributed by atoms with Crippen LogP contribution >= 0.6 is 0 Å². The molecule has 1 heterocycles. The number of rotatable bonds is 4. The van der Waals surface area contributed by atoms with Gasteiger partial charge >= 0.3 is 5.97 Å². The minimum Gasteiger partial charge on any atom is -0.494 e. The van der Waals surface area contributed by atoms with Gasteiger partial charge in [-0.1, -0.05) is 12.1 Å². The minimum atomic E-state index is -1.03. The van der Waals surface area contributed by atoms with Gasteiger partial charge in [0.1, 0.15) is 11.4 Å². The number of aromatic carboxylic acids is 1. The van der Waals surface area contributed by atoms with Crippen molar-refractivity contribution in [2.24, 2.45) is 0 Å². The number of fused-ring (bicyclic) bond motifs is 1. The van der Waals surface area contributed by atoms with E-state index in [-0.39, 0.29) is 17.4 Å². The van der Waals surface area contributed by atoms with Crippen LogP contribution in [-0.2, 0) is 6.42 Å². The molecule has 1 aromatic heterocycles. The molecule has 0 spiro atoms. The summed E-state index contributed by atoms with van der Waals surface area (Å²) in [5.41, 5.74) is 3.02. The molecule has 1 aromatic carbocycles. The van der Waals surface area contributed by atoms with Gasteiger partial charge in [0.25, 0.3) is 0 Å². The first-order chi connectivity index (χ1) is 11.0. The van der Waals surface area contributed by atoms with E-state index in [1.807, 2.05) is 31.2 Å². The second-order valence-electron chi connectivity index (χ2n) is 5.81. The van der Waals surface area contributed by atoms with Crippen LogP contribution in [0.3, 0.4) is 0 Å². The third-order valence-electron chi connectivity index (χ3n) is 4.37. The molecule has 1 atom stereocenters. The number of carboxylic acids is 1. The van der Waals surface area contributed by atoms with E-state index in [1.165, 1.54) is 0 Å². The molecule has 120 valence electrons. The standard InChI is InChI=1S/C18H19NO4/c1-3-23-13-6-4-11(5-7-13)12-8-14-16(15(20)9-12)10(2)17(19-14)18(21)22/h4-7,12,19H,3,8-9H2,1-2H3,(H,21,22)/t12-/m0/s1. The van der Waals surface area contributed by atoms with Crippen molar-refractivity contribution in [1.29, 1.82) is 0 Å². The zero-order valence-corrected chi connectivity index (χ0v) is 13.2. The van der Waals surface area contributed by atoms with Crippen molar-refractivity contribution in [2.75, 3.05) is 6.61 Å². The Labute approximate surface area is 134 Å². The Morgan fingerprint density at radius 3 is 2.61 bits per heavy atom. The maximum atomic E-state index is 12.5. The molecule has 5 heteroatoms. The van der Waals surface area contributed by atoms with Gasteiger partial charge in [-0.25, -0.2) is 4.79 Å². The van der Waals surface area contributed by atoms with E-state index in [1.54, 1.807) is 6.92 Å². The number of aromatic amines is 1. The van der Waals surface area contributed by atoms with Crippen LogP contribution in [0.25, 0.3) is 0 Å². The predicted octanol–water partition coefficient (Wildman–Crippen LogP) is 3.33. The van der Waals surface area contributed by atoms with E-state index < -0.39 is 5.97 Å². The molecule has 0 fully saturated rings. The number of aromatic nitrogens is 1. The molecule has 0 bridgehead atoms. The van der Waals surface area contributed by atoms with Crippen molar-refractivity contribution < 1.29 is 19.4 Å². The normalized spacial score (nSPS) is 17.0. The number of hydrogen-bond acceptors (Lipinski definition) is 3. The molecule has 0 saturated heterocycles. The number of H-pyrrole nitrogens is 1. The third kappa shape index (κ3) is 2.74. The van der Waals surface area contributed by atoms with Crippen molar-refractivity contribution in [3.63, 3.8) is 0 Å². The van der Waals surface area contributed by atoms with E-state index in [4.69, 9.17) is 4.74 Å². The molecule has 5 nitrogen and oxygen atoms in total. The summed E-state index contributed by atoms with van der Waals surface area (Å²) in [4.78, 5) is 26.6. The Morgan fingerprint density at radius 2 is 2.00 bits per heavy atom. The summed E-state index contributed by atoms with van der Waals surface area (Å²) in [6, 6.07) is 7.76. The fourth-order valence-electron chi connectivity index (χ4n) is 3.29. The van der Waals surface area contributed by atoms with E-state index >= 15 is 0 Å². The van der Waals surface area contributed by atoms with Crippen molar-refractivity contribution in [3.8, 4) is 5.75 Å². The number of carbonyl (C=O) groups is 2. The molecule has 2 aromatic rings. The van der Waals surface area contributed by atoms with E-state index in [0.717, 1.165) is 17.0 Å². The third-order valence-corrected chi connectivity index (χ3v) is 4.37. The minimum absolute atomic E-state index is 0.00591. The summed E-state index contributed by atoms with van der Waals surface area (Å²) in [5, 5.41) is 9.21. The van der Waals surface area contributed by atoms with Crippen molar-refractivity contribution >= 4 is 11.8 Å². The molecular formula is C18H19NO4. The lowest BCUT2D eigenvalue weighted by molar-refractivity contribution is 0.0690. The first-order valence-corrected chi connectivity index (χ1v) is 7.72. The van der Waals surface area contributed by atoms with Gasteiger partial charge in [0, 0.05) is 17.7 Å². The monoisotopic (exact) mass is 313 g/mol. The Bertz CT molecular complexity index is 758. The van der Waals surface area contributed by atoms with Crippen LogP contribution in [0.1, 0.15) is 56.9 Å². The summed E-state index contributed by atoms with van der Waals surface area (Å²) >= 11 is 0. The molecule has 2 N–H and O–H groups in total. The Hall–Kier alpha value is -2.56. The molecule has 1 aliphatic carbocycles. The van der Waals surface area contributed by atoms with Crippen molar-refractivity contribution in [3.05, 3.63) is 52.3 Å². The number of carbonyl (C=O) groups excluding carboxylic acids is 1. The molecular weight excluding hydrogens is 294 g/mol. The maximum Gasteiger partial charge on any atom is 0.352 e. The summed E-state index contributed by atoms with van der Waals surface area (Å²) in [5.74, 6) is -0.151. The summed E-state index contributed by atoms with van der Waals surface area (Å²) in [6.07, 6.45) is 1.04. The lowest BCUT2D eigenvalue weighted by atomic mass is 9.81. The first-order valence-electron chi connectivity index (χ1n) is 7.72. The highest BCUT2D eigenvalue weighted by atomic mass is 16.5. The number of carboxylic acid groups (broad SMARTS) is 1. The van der Waals surface area contributed by atoms with Gasteiger partial charge in [-0.2, -0.15) is 0 Å². The van der Waals surface area contributed by atoms with Crippen LogP contribution in [-0.4, -0.2) is 28.4 Å². The zero-order valence-electron chi connectivity index (χ0n) is 13.2. The van der Waals surface area contributed by atoms with Crippen LogP contribution in [0.4, 0.5) is 0 Å². The van der Waals surface area contributed by atoms with Crippen LogP contribution in [0.2, 0.25) is 0 Å². The lowest BCUT2D eigenvalue weighted by Gasteiger charge is -2.22. The summed E-state index contributed by atoms with van der Waals surface area (Å²) < 4.78 is 5.43. The molecule has 3 rings (SSSR count). The Kier molecular flexibility index (Phi) is 3.94. The van der Waals surface area contributed by atoms with Gasteiger partial charge in [-0.15, -0.1) is 0 Å². The Morgan fingerprint density at radius 1 is 1.30 bits per heavy atom. The fraction of sp³-hybridized carbons (Fsp3) is 0.333. The number of hydrogen-bond donors (Lipinski definition) is 2. The van der Waals surface area contributed by atoms with Gasteiger partial charge in [0.05, 0.1) is 6.61 Å². The SMILES string of the molecule is CCOc1ccc([C@@H]2CC(=O)c3c([nH]c(C(=O)O)c3C)C2)cc1. The van der Waals surface area contributed by atoms with Gasteiger partial charge in [0.2, 0.25) is 0 Å². The number of ether oxygens (including phenoxy) is 1. The van der Waals surface area contributed by atoms with Crippen LogP contribution in [0.15, 0.2) is 24.3 Å². The summed E-state index contributed by atoms with van der Waals surface area (Å²) in [6.45, 7) is 4.24. The molecule has 1 aliphatic rings. The van der Waals surface area contributed by atoms with Crippen molar-refractivity contribution in [2.45, 2.75) is 32.6 Å². The van der Waals surface area contributed by atoms with E-state index in [2.05, 4.69) is 4.98 Å². The lowest BCUT2D eigenvalue weighted by Crippen LogP contribution is -2.18. The number of benzene rings is 1. The first kappa shape index (κ1) is 15.3. The van der Waals surface area contributed by atoms with Gasteiger partial charge in [0.15, 0.2) is 5.78 Å². The molecule has 23 heavy (non-hydrogen) atoms. The quantitative estimate of drug-likeness (QED) is 0.907.